The quantitative estimate of drug-likeness (QED) is 0.474. The first-order valence-electron chi connectivity index (χ1n) is 6.92. The van der Waals surface area contributed by atoms with E-state index in [2.05, 4.69) is 0 Å². The van der Waals surface area contributed by atoms with Crippen molar-refractivity contribution >= 4 is 22.6 Å². The minimum absolute atomic E-state index is 0.147. The number of carboxylic acids is 1. The van der Waals surface area contributed by atoms with E-state index in [-0.39, 0.29) is 5.69 Å². The number of unbranched alkanes of at least 4 members (excludes halogenated alkanes) is 1. The lowest BCUT2D eigenvalue weighted by molar-refractivity contribution is -0.138. The average Bonchev–Trinajstić information content (AvgIpc) is 2.49. The Morgan fingerprint density at radius 3 is 2.59 bits per heavy atom. The summed E-state index contributed by atoms with van der Waals surface area (Å²) in [7, 11) is 0. The minimum atomic E-state index is -0.933. The van der Waals surface area contributed by atoms with Crippen LogP contribution < -0.4 is 22.8 Å². The van der Waals surface area contributed by atoms with Gasteiger partial charge in [0.1, 0.15) is 17.3 Å². The molecule has 0 aliphatic carbocycles. The van der Waals surface area contributed by atoms with Gasteiger partial charge in [-0.25, -0.2) is 4.79 Å². The number of fused-ring (bicyclic) bond motifs is 1. The maximum atomic E-state index is 10.9. The molecule has 7 N–H and O–H groups in total. The van der Waals surface area contributed by atoms with Gasteiger partial charge in [-0.1, -0.05) is 24.6 Å². The highest BCUT2D eigenvalue weighted by Crippen LogP contribution is 2.12. The van der Waals surface area contributed by atoms with Crippen LogP contribution in [0.15, 0.2) is 39.5 Å². The summed E-state index contributed by atoms with van der Waals surface area (Å²) < 4.78 is 4.91. The van der Waals surface area contributed by atoms with Crippen molar-refractivity contribution in [3.8, 4) is 0 Å². The largest absolute Gasteiger partial charge is 0.480 e. The lowest BCUT2D eigenvalue weighted by Crippen LogP contribution is -2.29. The second-order valence-corrected chi connectivity index (χ2v) is 4.76. The van der Waals surface area contributed by atoms with Crippen LogP contribution in [0, 0.1) is 0 Å². The van der Waals surface area contributed by atoms with E-state index in [9.17, 15) is 9.59 Å². The summed E-state index contributed by atoms with van der Waals surface area (Å²) in [5.41, 5.74) is 16.0. The maximum absolute atomic E-state index is 10.9. The van der Waals surface area contributed by atoms with Crippen molar-refractivity contribution in [3.05, 3.63) is 40.8 Å². The van der Waals surface area contributed by atoms with Crippen LogP contribution in [-0.2, 0) is 4.79 Å². The Labute approximate surface area is 127 Å². The first kappa shape index (κ1) is 17.7. The third-order valence-corrected chi connectivity index (χ3v) is 2.95. The van der Waals surface area contributed by atoms with Gasteiger partial charge in [0.05, 0.1) is 0 Å². The molecule has 0 aliphatic heterocycles. The highest BCUT2D eigenvalue weighted by Gasteiger charge is 2.09. The molecule has 2 aromatic rings. The van der Waals surface area contributed by atoms with Gasteiger partial charge in [0.15, 0.2) is 0 Å². The van der Waals surface area contributed by atoms with Crippen LogP contribution >= 0.6 is 0 Å². The van der Waals surface area contributed by atoms with Crippen molar-refractivity contribution in [1.29, 1.82) is 0 Å². The van der Waals surface area contributed by atoms with E-state index in [1.165, 1.54) is 0 Å². The van der Waals surface area contributed by atoms with Crippen LogP contribution in [0.1, 0.15) is 19.3 Å². The van der Waals surface area contributed by atoms with Gasteiger partial charge in [0, 0.05) is 5.39 Å². The third-order valence-electron chi connectivity index (χ3n) is 2.95. The molecule has 0 bridgehead atoms. The zero-order chi connectivity index (χ0) is 16.5. The van der Waals surface area contributed by atoms with E-state index in [1.807, 2.05) is 18.2 Å². The lowest BCUT2D eigenvalue weighted by Gasteiger charge is -2.03. The molecule has 2 rings (SSSR count). The van der Waals surface area contributed by atoms with Gasteiger partial charge in [-0.3, -0.25) is 4.79 Å². The molecule has 1 atom stereocenters. The molecule has 7 heteroatoms. The number of benzene rings is 1. The fraction of sp³-hybridized carbons (Fsp3) is 0.333. The molecule has 1 aromatic carbocycles. The standard InChI is InChI=1S/C9H7NO2.C6H14N2O2/c10-7-5-6-3-1-2-4-8(6)12-9(7)11;7-4-2-1-3-5(8)6(9)10/h1-5H,10H2;5H,1-4,7-8H2,(H,9,10). The van der Waals surface area contributed by atoms with E-state index in [4.69, 9.17) is 26.7 Å². The normalized spacial score (nSPS) is 11.5. The minimum Gasteiger partial charge on any atom is -0.480 e. The molecule has 22 heavy (non-hydrogen) atoms. The molecule has 0 fully saturated rings. The Kier molecular flexibility index (Phi) is 7.07. The third kappa shape index (κ3) is 5.55. The van der Waals surface area contributed by atoms with Crippen molar-refractivity contribution in [1.82, 2.24) is 0 Å². The molecule has 0 aliphatic rings. The molecule has 0 amide bonds. The number of nitrogen functional groups attached to an aromatic ring is 1. The summed E-state index contributed by atoms with van der Waals surface area (Å²) in [5.74, 6) is -0.933. The molecule has 7 nitrogen and oxygen atoms in total. The zero-order valence-electron chi connectivity index (χ0n) is 12.2. The van der Waals surface area contributed by atoms with Crippen LogP contribution in [0.2, 0.25) is 0 Å². The van der Waals surface area contributed by atoms with Gasteiger partial charge in [-0.05, 0) is 31.5 Å². The van der Waals surface area contributed by atoms with E-state index in [0.717, 1.165) is 18.2 Å². The highest BCUT2D eigenvalue weighted by atomic mass is 16.4. The summed E-state index contributed by atoms with van der Waals surface area (Å²) in [5, 5.41) is 9.17. The van der Waals surface area contributed by atoms with E-state index in [1.54, 1.807) is 12.1 Å². The molecule has 120 valence electrons. The average molecular weight is 307 g/mol. The zero-order valence-corrected chi connectivity index (χ0v) is 12.2. The maximum Gasteiger partial charge on any atom is 0.359 e. The van der Waals surface area contributed by atoms with E-state index < -0.39 is 17.6 Å². The first-order chi connectivity index (χ1) is 10.5. The molecular formula is C15H21N3O4. The van der Waals surface area contributed by atoms with Gasteiger partial charge < -0.3 is 26.7 Å². The Morgan fingerprint density at radius 1 is 1.27 bits per heavy atom. The summed E-state index contributed by atoms with van der Waals surface area (Å²) in [4.78, 5) is 21.1. The molecule has 1 heterocycles. The SMILES string of the molecule is NCCCCC(N)C(=O)O.Nc1cc2ccccc2oc1=O. The van der Waals surface area contributed by atoms with Crippen LogP contribution in [0.5, 0.6) is 0 Å². The summed E-state index contributed by atoms with van der Waals surface area (Å²) in [6.07, 6.45) is 2.16. The van der Waals surface area contributed by atoms with Gasteiger partial charge in [0.2, 0.25) is 0 Å². The summed E-state index contributed by atoms with van der Waals surface area (Å²) in [6.45, 7) is 0.604. The fourth-order valence-corrected chi connectivity index (χ4v) is 1.71. The van der Waals surface area contributed by atoms with Gasteiger partial charge >= 0.3 is 11.6 Å². The van der Waals surface area contributed by atoms with Gasteiger partial charge in [0.25, 0.3) is 0 Å². The molecule has 0 radical (unpaired) electrons. The summed E-state index contributed by atoms with van der Waals surface area (Å²) in [6, 6.07) is 8.14. The Balaban J connectivity index is 0.000000225. The predicted octanol–water partition coefficient (Wildman–Crippen LogP) is 0.903. The van der Waals surface area contributed by atoms with Crippen LogP contribution in [0.4, 0.5) is 5.69 Å². The van der Waals surface area contributed by atoms with Gasteiger partial charge in [-0.2, -0.15) is 0 Å². The predicted molar refractivity (Wildman–Crippen MR) is 85.4 cm³/mol. The molecule has 0 saturated heterocycles. The van der Waals surface area contributed by atoms with Crippen molar-refractivity contribution in [2.75, 3.05) is 12.3 Å². The lowest BCUT2D eigenvalue weighted by atomic mass is 10.1. The number of carboxylic acid groups (broad SMARTS) is 1. The number of aliphatic carboxylic acids is 1. The number of rotatable bonds is 5. The molecule has 1 unspecified atom stereocenters. The molecule has 0 saturated carbocycles. The highest BCUT2D eigenvalue weighted by molar-refractivity contribution is 5.78. The topological polar surface area (TPSA) is 146 Å². The van der Waals surface area contributed by atoms with Crippen molar-refractivity contribution in [3.63, 3.8) is 0 Å². The molecule has 0 spiro atoms. The smallest absolute Gasteiger partial charge is 0.359 e. The number of hydrogen-bond acceptors (Lipinski definition) is 6. The Morgan fingerprint density at radius 2 is 1.95 bits per heavy atom. The Bertz CT molecular complexity index is 669. The molecular weight excluding hydrogens is 286 g/mol. The number of nitrogens with two attached hydrogens (primary N) is 3. The van der Waals surface area contributed by atoms with Crippen molar-refractivity contribution in [2.45, 2.75) is 25.3 Å². The van der Waals surface area contributed by atoms with Crippen molar-refractivity contribution < 1.29 is 14.3 Å². The number of para-hydroxylation sites is 1. The van der Waals surface area contributed by atoms with Crippen LogP contribution in [0.3, 0.4) is 0 Å². The second kappa shape index (κ2) is 8.81. The first-order valence-corrected chi connectivity index (χ1v) is 6.92. The van der Waals surface area contributed by atoms with Gasteiger partial charge in [-0.15, -0.1) is 0 Å². The number of anilines is 1. The van der Waals surface area contributed by atoms with Crippen LogP contribution in [-0.4, -0.2) is 23.7 Å². The van der Waals surface area contributed by atoms with Crippen molar-refractivity contribution in [2.24, 2.45) is 11.5 Å². The fourth-order valence-electron chi connectivity index (χ4n) is 1.71. The number of hydrogen-bond donors (Lipinski definition) is 4. The van der Waals surface area contributed by atoms with E-state index >= 15 is 0 Å². The molecule has 1 aromatic heterocycles. The van der Waals surface area contributed by atoms with Crippen LogP contribution in [0.25, 0.3) is 11.0 Å². The Hall–Kier alpha value is -2.38. The monoisotopic (exact) mass is 307 g/mol. The van der Waals surface area contributed by atoms with E-state index in [0.29, 0.717) is 18.5 Å². The second-order valence-electron chi connectivity index (χ2n) is 4.76. The summed E-state index contributed by atoms with van der Waals surface area (Å²) >= 11 is 0. The number of carbonyl (C=O) groups is 1.